The minimum absolute atomic E-state index is 0.0135. The molecular weight excluding hydrogens is 414 g/mol. The number of urea groups is 1. The Balaban J connectivity index is 1.25. The van der Waals surface area contributed by atoms with Crippen molar-refractivity contribution in [3.63, 3.8) is 0 Å². The number of likely N-dealkylation sites (tertiary alicyclic amines) is 1. The molecule has 2 aliphatic rings. The van der Waals surface area contributed by atoms with Gasteiger partial charge in [-0.05, 0) is 42.6 Å². The summed E-state index contributed by atoms with van der Waals surface area (Å²) < 4.78 is 1.78. The fraction of sp³-hybridized carbons (Fsp3) is 0.320. The second-order valence-corrected chi connectivity index (χ2v) is 9.10. The first-order valence-corrected chi connectivity index (χ1v) is 11.5. The van der Waals surface area contributed by atoms with Crippen molar-refractivity contribution in [1.29, 1.82) is 0 Å². The van der Waals surface area contributed by atoms with Crippen LogP contribution in [0.5, 0.6) is 0 Å². The van der Waals surface area contributed by atoms with E-state index in [2.05, 4.69) is 61.9 Å². The molecule has 33 heavy (non-hydrogen) atoms. The van der Waals surface area contributed by atoms with Crippen LogP contribution in [0.2, 0.25) is 0 Å². The van der Waals surface area contributed by atoms with Crippen molar-refractivity contribution in [3.05, 3.63) is 66.0 Å². The minimum Gasteiger partial charge on any atom is -0.316 e. The van der Waals surface area contributed by atoms with E-state index in [1.165, 1.54) is 5.56 Å². The van der Waals surface area contributed by atoms with E-state index >= 15 is 0 Å². The average Bonchev–Trinajstić information content (AvgIpc) is 3.43. The predicted molar refractivity (Wildman–Crippen MR) is 128 cm³/mol. The van der Waals surface area contributed by atoms with Gasteiger partial charge in [-0.2, -0.15) is 10.2 Å². The van der Waals surface area contributed by atoms with Crippen molar-refractivity contribution in [2.75, 3.05) is 18.4 Å². The number of rotatable bonds is 4. The van der Waals surface area contributed by atoms with Gasteiger partial charge < -0.3 is 10.2 Å². The largest absolute Gasteiger partial charge is 0.322 e. The van der Waals surface area contributed by atoms with Crippen LogP contribution in [-0.4, -0.2) is 54.9 Å². The molecule has 4 aromatic rings. The van der Waals surface area contributed by atoms with Gasteiger partial charge in [0.1, 0.15) is 5.69 Å². The van der Waals surface area contributed by atoms with Gasteiger partial charge in [0, 0.05) is 55.6 Å². The van der Waals surface area contributed by atoms with E-state index in [-0.39, 0.29) is 12.1 Å². The highest BCUT2D eigenvalue weighted by Gasteiger charge is 2.32. The molecule has 8 nitrogen and oxygen atoms in total. The predicted octanol–water partition coefficient (Wildman–Crippen LogP) is 3.98. The lowest BCUT2D eigenvalue weighted by Crippen LogP contribution is -2.52. The number of piperidine rings is 1. The number of amides is 2. The molecule has 0 bridgehead atoms. The first-order chi connectivity index (χ1) is 16.1. The number of aromatic amines is 1. The average molecular weight is 442 g/mol. The molecule has 0 unspecified atom stereocenters. The Morgan fingerprint density at radius 2 is 2.06 bits per heavy atom. The third kappa shape index (κ3) is 3.76. The van der Waals surface area contributed by atoms with Gasteiger partial charge in [-0.15, -0.1) is 0 Å². The van der Waals surface area contributed by atoms with Gasteiger partial charge >= 0.3 is 6.03 Å². The topological polar surface area (TPSA) is 82.1 Å². The summed E-state index contributed by atoms with van der Waals surface area (Å²) in [5, 5.41) is 16.1. The summed E-state index contributed by atoms with van der Waals surface area (Å²) >= 11 is 0. The molecule has 2 amide bonds. The molecule has 0 aliphatic carbocycles. The Kier molecular flexibility index (Phi) is 4.87. The van der Waals surface area contributed by atoms with Gasteiger partial charge in [0.05, 0.1) is 11.7 Å². The Morgan fingerprint density at radius 3 is 2.88 bits per heavy atom. The summed E-state index contributed by atoms with van der Waals surface area (Å²) in [6.07, 6.45) is 5.92. The van der Waals surface area contributed by atoms with Gasteiger partial charge in [0.15, 0.2) is 0 Å². The van der Waals surface area contributed by atoms with Gasteiger partial charge in [-0.1, -0.05) is 30.3 Å². The van der Waals surface area contributed by atoms with Crippen molar-refractivity contribution in [1.82, 2.24) is 29.8 Å². The molecule has 2 aromatic carbocycles. The first kappa shape index (κ1) is 20.0. The Bertz CT molecular complexity index is 1310. The molecule has 2 N–H and O–H groups in total. The number of aromatic nitrogens is 4. The molecule has 0 saturated carbocycles. The van der Waals surface area contributed by atoms with Crippen LogP contribution in [0.4, 0.5) is 10.5 Å². The number of H-pyrrole nitrogens is 1. The monoisotopic (exact) mass is 441 g/mol. The van der Waals surface area contributed by atoms with Gasteiger partial charge in [0.2, 0.25) is 0 Å². The summed E-state index contributed by atoms with van der Waals surface area (Å²) in [6, 6.07) is 14.9. The van der Waals surface area contributed by atoms with Crippen molar-refractivity contribution in [3.8, 4) is 11.3 Å². The fourth-order valence-corrected chi connectivity index (χ4v) is 5.13. The zero-order valence-corrected chi connectivity index (χ0v) is 18.7. The molecule has 168 valence electrons. The molecule has 4 heterocycles. The second kappa shape index (κ2) is 8.04. The lowest BCUT2D eigenvalue weighted by Gasteiger charge is -2.41. The molecule has 8 heteroatoms. The van der Waals surface area contributed by atoms with Gasteiger partial charge in [0.25, 0.3) is 0 Å². The quantitative estimate of drug-likeness (QED) is 0.502. The normalized spacial score (nSPS) is 19.0. The molecule has 2 aromatic heterocycles. The van der Waals surface area contributed by atoms with Crippen LogP contribution in [0.3, 0.4) is 0 Å². The lowest BCUT2D eigenvalue weighted by molar-refractivity contribution is 0.108. The number of aryl methyl sites for hydroxylation is 1. The van der Waals surface area contributed by atoms with Gasteiger partial charge in [-0.25, -0.2) is 4.79 Å². The van der Waals surface area contributed by atoms with Crippen LogP contribution in [0, 0.1) is 0 Å². The molecule has 6 rings (SSSR count). The number of anilines is 1. The minimum atomic E-state index is -0.0135. The molecule has 1 fully saturated rings. The molecule has 0 spiro atoms. The third-order valence-corrected chi connectivity index (χ3v) is 6.78. The van der Waals surface area contributed by atoms with Gasteiger partial charge in [-0.3, -0.25) is 14.7 Å². The third-order valence-electron chi connectivity index (χ3n) is 6.78. The van der Waals surface area contributed by atoms with Crippen LogP contribution in [-0.2, 0) is 20.1 Å². The number of nitrogens with zero attached hydrogens (tertiary/aromatic N) is 5. The summed E-state index contributed by atoms with van der Waals surface area (Å²) in [6.45, 7) is 3.50. The van der Waals surface area contributed by atoms with E-state index in [9.17, 15) is 4.79 Å². The van der Waals surface area contributed by atoms with Crippen LogP contribution >= 0.6 is 0 Å². The summed E-state index contributed by atoms with van der Waals surface area (Å²) in [7, 11) is 1.90. The SMILES string of the molecule is Cn1cc(-c2n[nH]c3cc4c(cc23)CN([C@@H]2CCCN(Cc3ccccc3)C2)C(=O)N4)cn1. The van der Waals surface area contributed by atoms with E-state index in [0.29, 0.717) is 6.54 Å². The highest BCUT2D eigenvalue weighted by molar-refractivity contribution is 6.00. The van der Waals surface area contributed by atoms with Crippen LogP contribution in [0.1, 0.15) is 24.0 Å². The van der Waals surface area contributed by atoms with Crippen molar-refractivity contribution < 1.29 is 4.79 Å². The number of carbonyl (C=O) groups is 1. The highest BCUT2D eigenvalue weighted by atomic mass is 16.2. The standard InChI is InChI=1S/C25H27N7O/c1-30-14-19(12-26-30)24-21-10-18-15-32(25(33)27-22(18)11-23(21)28-29-24)20-8-5-9-31(16-20)13-17-6-3-2-4-7-17/h2-4,6-7,10-12,14,20H,5,8-9,13,15-16H2,1H3,(H,27,33)(H,28,29)/t20-/m1/s1. The zero-order valence-electron chi connectivity index (χ0n) is 18.7. The summed E-state index contributed by atoms with van der Waals surface area (Å²) in [4.78, 5) is 17.5. The van der Waals surface area contributed by atoms with Crippen LogP contribution in [0.25, 0.3) is 22.2 Å². The molecule has 1 atom stereocenters. The molecule has 1 saturated heterocycles. The number of fused-ring (bicyclic) bond motifs is 2. The van der Waals surface area contributed by atoms with E-state index in [0.717, 1.165) is 65.9 Å². The van der Waals surface area contributed by atoms with Crippen molar-refractivity contribution >= 4 is 22.6 Å². The number of benzene rings is 2. The number of hydrogen-bond acceptors (Lipinski definition) is 4. The summed E-state index contributed by atoms with van der Waals surface area (Å²) in [5.74, 6) is 0. The maximum Gasteiger partial charge on any atom is 0.322 e. The zero-order chi connectivity index (χ0) is 22.4. The highest BCUT2D eigenvalue weighted by Crippen LogP contribution is 2.34. The van der Waals surface area contributed by atoms with Crippen LogP contribution in [0.15, 0.2) is 54.9 Å². The maximum absolute atomic E-state index is 13.0. The lowest BCUT2D eigenvalue weighted by atomic mass is 9.99. The Hall–Kier alpha value is -3.65. The number of carbonyl (C=O) groups excluding carboxylic acids is 1. The smallest absolute Gasteiger partial charge is 0.316 e. The van der Waals surface area contributed by atoms with Crippen LogP contribution < -0.4 is 5.32 Å². The molecule has 2 aliphatic heterocycles. The maximum atomic E-state index is 13.0. The fourth-order valence-electron chi connectivity index (χ4n) is 5.13. The van der Waals surface area contributed by atoms with E-state index < -0.39 is 0 Å². The van der Waals surface area contributed by atoms with Crippen molar-refractivity contribution in [2.24, 2.45) is 7.05 Å². The molecular formula is C25H27N7O. The summed E-state index contributed by atoms with van der Waals surface area (Å²) in [5.41, 5.74) is 6.07. The Labute approximate surface area is 192 Å². The first-order valence-electron chi connectivity index (χ1n) is 11.5. The molecule has 0 radical (unpaired) electrons. The van der Waals surface area contributed by atoms with Crippen molar-refractivity contribution in [2.45, 2.75) is 32.0 Å². The van der Waals surface area contributed by atoms with E-state index in [1.807, 2.05) is 30.4 Å². The van der Waals surface area contributed by atoms with E-state index in [4.69, 9.17) is 0 Å². The number of hydrogen-bond donors (Lipinski definition) is 2. The second-order valence-electron chi connectivity index (χ2n) is 9.10. The Morgan fingerprint density at radius 1 is 1.18 bits per heavy atom. The number of nitrogens with one attached hydrogen (secondary N) is 2. The van der Waals surface area contributed by atoms with E-state index in [1.54, 1.807) is 4.68 Å².